The van der Waals surface area contributed by atoms with Gasteiger partial charge in [0.2, 0.25) is 0 Å². The van der Waals surface area contributed by atoms with Crippen molar-refractivity contribution in [2.24, 2.45) is 0 Å². The first-order chi connectivity index (χ1) is 6.74. The molecule has 0 aliphatic rings. The van der Waals surface area contributed by atoms with Crippen LogP contribution in [-0.2, 0) is 0 Å². The minimum Gasteiger partial charge on any atom is -0.381 e. The molecule has 5 heteroatoms. The molecule has 1 aromatic rings. The maximum absolute atomic E-state index is 5.59. The van der Waals surface area contributed by atoms with Crippen molar-refractivity contribution >= 4 is 17.4 Å². The maximum atomic E-state index is 5.59. The number of nitrogens with one attached hydrogen (secondary N) is 1. The lowest BCUT2D eigenvalue weighted by Gasteiger charge is -1.95. The number of aromatic nitrogens is 2. The number of anilines is 1. The second-order valence-electron chi connectivity index (χ2n) is 2.58. The molecule has 0 unspecified atom stereocenters. The van der Waals surface area contributed by atoms with E-state index in [9.17, 15) is 0 Å². The predicted molar refractivity (Wildman–Crippen MR) is 56.9 cm³/mol. The van der Waals surface area contributed by atoms with Crippen LogP contribution in [0.25, 0.3) is 0 Å². The highest BCUT2D eigenvalue weighted by Crippen LogP contribution is 2.08. The average Bonchev–Trinajstić information content (AvgIpc) is 2.15. The van der Waals surface area contributed by atoms with Crippen LogP contribution in [0.2, 0.25) is 5.15 Å². The first-order valence-electron chi connectivity index (χ1n) is 4.15. The van der Waals surface area contributed by atoms with Crippen LogP contribution in [0, 0.1) is 11.8 Å². The van der Waals surface area contributed by atoms with Crippen LogP contribution in [0.4, 0.5) is 5.82 Å². The molecular formula is C9H11ClN4. The van der Waals surface area contributed by atoms with Gasteiger partial charge >= 0.3 is 0 Å². The zero-order chi connectivity index (χ0) is 10.4. The summed E-state index contributed by atoms with van der Waals surface area (Å²) in [5, 5.41) is 3.27. The lowest BCUT2D eigenvalue weighted by molar-refractivity contribution is 0.818. The Morgan fingerprint density at radius 1 is 1.64 bits per heavy atom. The fourth-order valence-corrected chi connectivity index (χ4v) is 0.951. The van der Waals surface area contributed by atoms with E-state index in [-0.39, 0.29) is 11.0 Å². The van der Waals surface area contributed by atoms with E-state index in [4.69, 9.17) is 17.3 Å². The number of nitrogens with zero attached hydrogens (tertiary/aromatic N) is 2. The third-order valence-electron chi connectivity index (χ3n) is 1.48. The molecule has 0 atom stereocenters. The van der Waals surface area contributed by atoms with Crippen LogP contribution in [0.1, 0.15) is 12.1 Å². The van der Waals surface area contributed by atoms with E-state index >= 15 is 0 Å². The molecule has 0 spiro atoms. The number of hydrogen-bond donors (Lipinski definition) is 2. The molecule has 14 heavy (non-hydrogen) atoms. The summed E-state index contributed by atoms with van der Waals surface area (Å²) in [5.74, 6) is 6.03. The third-order valence-corrected chi connectivity index (χ3v) is 1.66. The summed E-state index contributed by atoms with van der Waals surface area (Å²) in [6.45, 7) is 0.841. The molecule has 1 heterocycles. The van der Waals surface area contributed by atoms with Gasteiger partial charge in [-0.3, -0.25) is 0 Å². The van der Waals surface area contributed by atoms with Crippen molar-refractivity contribution in [2.45, 2.75) is 6.42 Å². The van der Waals surface area contributed by atoms with Crippen LogP contribution in [-0.4, -0.2) is 23.6 Å². The molecule has 0 aliphatic carbocycles. The lowest BCUT2D eigenvalue weighted by Crippen LogP contribution is -2.06. The highest BCUT2D eigenvalue weighted by Gasteiger charge is 1.98. The molecule has 0 aliphatic heterocycles. The van der Waals surface area contributed by atoms with Crippen molar-refractivity contribution in [3.05, 3.63) is 17.0 Å². The zero-order valence-corrected chi connectivity index (χ0v) is 8.60. The smallest absolute Gasteiger partial charge is 0.159 e. The molecule has 3 N–H and O–H groups in total. The number of nitrogen functional groups attached to an aromatic ring is 1. The van der Waals surface area contributed by atoms with Crippen molar-refractivity contribution < 1.29 is 0 Å². The minimum absolute atomic E-state index is 0.273. The third kappa shape index (κ3) is 3.21. The Morgan fingerprint density at radius 2 is 2.43 bits per heavy atom. The summed E-state index contributed by atoms with van der Waals surface area (Å²) in [6.07, 6.45) is 2.18. The predicted octanol–water partition coefficient (Wildman–Crippen LogP) is 0.673. The van der Waals surface area contributed by atoms with E-state index in [1.807, 2.05) is 7.05 Å². The Balaban J connectivity index is 2.70. The Bertz CT molecular complexity index is 367. The van der Waals surface area contributed by atoms with Crippen molar-refractivity contribution in [1.82, 2.24) is 15.3 Å². The molecular weight excluding hydrogens is 200 g/mol. The van der Waals surface area contributed by atoms with Gasteiger partial charge in [-0.2, -0.15) is 0 Å². The van der Waals surface area contributed by atoms with Gasteiger partial charge in [0.05, 0.1) is 6.20 Å². The van der Waals surface area contributed by atoms with Crippen molar-refractivity contribution in [3.63, 3.8) is 0 Å². The van der Waals surface area contributed by atoms with E-state index in [1.54, 1.807) is 0 Å². The highest BCUT2D eigenvalue weighted by molar-refractivity contribution is 6.29. The molecule has 0 amide bonds. The molecule has 1 aromatic heterocycles. The van der Waals surface area contributed by atoms with Gasteiger partial charge in [0.1, 0.15) is 5.15 Å². The Morgan fingerprint density at radius 3 is 3.07 bits per heavy atom. The number of nitrogens with two attached hydrogens (primary N) is 1. The van der Waals surface area contributed by atoms with Gasteiger partial charge in [-0.1, -0.05) is 17.5 Å². The van der Waals surface area contributed by atoms with Crippen LogP contribution >= 0.6 is 11.6 Å². The molecule has 74 valence electrons. The molecule has 0 fully saturated rings. The topological polar surface area (TPSA) is 63.8 Å². The lowest BCUT2D eigenvalue weighted by atomic mass is 10.3. The summed E-state index contributed by atoms with van der Waals surface area (Å²) < 4.78 is 0. The van der Waals surface area contributed by atoms with Gasteiger partial charge in [-0.15, -0.1) is 0 Å². The van der Waals surface area contributed by atoms with Gasteiger partial charge in [0.15, 0.2) is 11.5 Å². The Hall–Kier alpha value is -1.31. The second-order valence-corrected chi connectivity index (χ2v) is 2.97. The first kappa shape index (κ1) is 10.8. The summed E-state index contributed by atoms with van der Waals surface area (Å²) >= 11 is 5.59. The van der Waals surface area contributed by atoms with Crippen LogP contribution in [0.5, 0.6) is 0 Å². The summed E-state index contributed by atoms with van der Waals surface area (Å²) in [4.78, 5) is 7.80. The molecule has 0 saturated carbocycles. The first-order valence-corrected chi connectivity index (χ1v) is 4.53. The van der Waals surface area contributed by atoms with Gasteiger partial charge < -0.3 is 11.1 Å². The highest BCUT2D eigenvalue weighted by atomic mass is 35.5. The molecule has 0 bridgehead atoms. The quantitative estimate of drug-likeness (QED) is 0.557. The summed E-state index contributed by atoms with van der Waals surface area (Å²) in [7, 11) is 1.87. The Labute approximate surface area is 87.9 Å². The monoisotopic (exact) mass is 210 g/mol. The standard InChI is InChI=1S/C9H11ClN4/c1-12-5-3-2-4-7-9(11)14-8(10)6-13-7/h6,12H,3,5H2,1H3,(H2,11,14). The van der Waals surface area contributed by atoms with Crippen molar-refractivity contribution in [2.75, 3.05) is 19.3 Å². The zero-order valence-electron chi connectivity index (χ0n) is 7.84. The molecule has 4 nitrogen and oxygen atoms in total. The van der Waals surface area contributed by atoms with Crippen LogP contribution < -0.4 is 11.1 Å². The molecule has 0 saturated heterocycles. The van der Waals surface area contributed by atoms with Crippen molar-refractivity contribution in [1.29, 1.82) is 0 Å². The Kier molecular flexibility index (Phi) is 4.17. The molecule has 0 aromatic carbocycles. The largest absolute Gasteiger partial charge is 0.381 e. The minimum atomic E-state index is 0.273. The average molecular weight is 211 g/mol. The summed E-state index contributed by atoms with van der Waals surface area (Å²) in [6, 6.07) is 0. The van der Waals surface area contributed by atoms with E-state index in [0.717, 1.165) is 13.0 Å². The number of hydrogen-bond acceptors (Lipinski definition) is 4. The number of halogens is 1. The number of rotatable bonds is 2. The van der Waals surface area contributed by atoms with E-state index in [0.29, 0.717) is 5.69 Å². The van der Waals surface area contributed by atoms with Crippen LogP contribution in [0.3, 0.4) is 0 Å². The fraction of sp³-hybridized carbons (Fsp3) is 0.333. The normalized spacial score (nSPS) is 9.29. The second kappa shape index (κ2) is 5.43. The van der Waals surface area contributed by atoms with Gasteiger partial charge in [-0.05, 0) is 13.0 Å². The van der Waals surface area contributed by atoms with Crippen molar-refractivity contribution in [3.8, 4) is 11.8 Å². The SMILES string of the molecule is CNCCC#Cc1ncc(Cl)nc1N. The summed E-state index contributed by atoms with van der Waals surface area (Å²) in [5.41, 5.74) is 6.04. The van der Waals surface area contributed by atoms with E-state index in [1.165, 1.54) is 6.20 Å². The van der Waals surface area contributed by atoms with Gasteiger partial charge in [-0.25, -0.2) is 9.97 Å². The fourth-order valence-electron chi connectivity index (χ4n) is 0.811. The molecule has 1 rings (SSSR count). The van der Waals surface area contributed by atoms with Gasteiger partial charge in [0, 0.05) is 13.0 Å². The van der Waals surface area contributed by atoms with E-state index in [2.05, 4.69) is 27.1 Å². The molecule has 0 radical (unpaired) electrons. The van der Waals surface area contributed by atoms with Gasteiger partial charge in [0.25, 0.3) is 0 Å². The van der Waals surface area contributed by atoms with E-state index < -0.39 is 0 Å². The maximum Gasteiger partial charge on any atom is 0.159 e. The van der Waals surface area contributed by atoms with Crippen LogP contribution in [0.15, 0.2) is 6.20 Å².